The molecule has 1 aromatic heterocycles. The van der Waals surface area contributed by atoms with E-state index in [1.54, 1.807) is 66.7 Å². The van der Waals surface area contributed by atoms with Crippen LogP contribution in [0.4, 0.5) is 0 Å². The second-order valence-electron chi connectivity index (χ2n) is 7.75. The van der Waals surface area contributed by atoms with E-state index < -0.39 is 17.9 Å². The Kier molecular flexibility index (Phi) is 5.01. The largest absolute Gasteiger partial charge is 0.495 e. The zero-order valence-electron chi connectivity index (χ0n) is 18.2. The lowest BCUT2D eigenvalue weighted by Crippen LogP contribution is -2.38. The summed E-state index contributed by atoms with van der Waals surface area (Å²) in [5.41, 5.74) is 1.41. The van der Waals surface area contributed by atoms with Gasteiger partial charge in [0.05, 0.1) is 40.9 Å². The van der Waals surface area contributed by atoms with Gasteiger partial charge in [-0.25, -0.2) is 4.98 Å². The molecule has 0 aliphatic carbocycles. The second kappa shape index (κ2) is 8.02. The molecule has 1 aliphatic heterocycles. The van der Waals surface area contributed by atoms with Gasteiger partial charge in [-0.15, -0.1) is 0 Å². The van der Waals surface area contributed by atoms with E-state index in [0.29, 0.717) is 45.7 Å². The molecular weight excluding hydrogens is 418 g/mol. The van der Waals surface area contributed by atoms with Crippen molar-refractivity contribution in [3.8, 4) is 11.4 Å². The molecule has 3 aromatic carbocycles. The number of amides is 2. The standard InChI is InChI=1S/C26H21N3O4/c1-3-20(29-24(30)16-10-4-5-11-17(16)25(29)31)23-27-19-13-7-6-12-18(19)26(32)28(23)21-14-8-9-15-22(21)33-2/h4-15,20H,3H2,1-2H3. The fraction of sp³-hybridized carbons (Fsp3) is 0.154. The zero-order chi connectivity index (χ0) is 23.1. The first-order valence-corrected chi connectivity index (χ1v) is 10.7. The maximum Gasteiger partial charge on any atom is 0.266 e. The van der Waals surface area contributed by atoms with E-state index in [4.69, 9.17) is 9.72 Å². The van der Waals surface area contributed by atoms with E-state index in [0.717, 1.165) is 0 Å². The van der Waals surface area contributed by atoms with Gasteiger partial charge in [0, 0.05) is 0 Å². The summed E-state index contributed by atoms with van der Waals surface area (Å²) in [5, 5.41) is 0.435. The number of benzene rings is 3. The summed E-state index contributed by atoms with van der Waals surface area (Å²) in [5.74, 6) is 0.00298. The van der Waals surface area contributed by atoms with Gasteiger partial charge in [-0.3, -0.25) is 23.9 Å². The predicted molar refractivity (Wildman–Crippen MR) is 124 cm³/mol. The molecule has 7 heteroatoms. The molecule has 2 heterocycles. The molecule has 164 valence electrons. The molecule has 33 heavy (non-hydrogen) atoms. The van der Waals surface area contributed by atoms with Crippen molar-refractivity contribution in [2.75, 3.05) is 7.11 Å². The molecule has 0 radical (unpaired) electrons. The van der Waals surface area contributed by atoms with E-state index in [-0.39, 0.29) is 5.56 Å². The molecule has 0 spiro atoms. The van der Waals surface area contributed by atoms with Crippen LogP contribution < -0.4 is 10.3 Å². The molecule has 0 saturated carbocycles. The third kappa shape index (κ3) is 3.12. The molecule has 1 atom stereocenters. The number of methoxy groups -OCH3 is 1. The van der Waals surface area contributed by atoms with Gasteiger partial charge >= 0.3 is 0 Å². The Hall–Kier alpha value is -4.26. The minimum Gasteiger partial charge on any atom is -0.495 e. The van der Waals surface area contributed by atoms with E-state index in [2.05, 4.69) is 0 Å². The second-order valence-corrected chi connectivity index (χ2v) is 7.75. The van der Waals surface area contributed by atoms with Crippen molar-refractivity contribution >= 4 is 22.7 Å². The molecule has 5 rings (SSSR count). The maximum atomic E-state index is 13.7. The number of ether oxygens (including phenoxy) is 1. The zero-order valence-corrected chi connectivity index (χ0v) is 18.2. The summed E-state index contributed by atoms with van der Waals surface area (Å²) in [6.07, 6.45) is 0.380. The van der Waals surface area contributed by atoms with Crippen molar-refractivity contribution in [3.63, 3.8) is 0 Å². The van der Waals surface area contributed by atoms with Crippen molar-refractivity contribution in [2.45, 2.75) is 19.4 Å². The molecule has 7 nitrogen and oxygen atoms in total. The predicted octanol–water partition coefficient (Wildman–Crippen LogP) is 4.14. The number of rotatable bonds is 5. The lowest BCUT2D eigenvalue weighted by atomic mass is 10.1. The van der Waals surface area contributed by atoms with Gasteiger partial charge in [0.1, 0.15) is 11.6 Å². The van der Waals surface area contributed by atoms with Crippen LogP contribution in [0.25, 0.3) is 16.6 Å². The summed E-state index contributed by atoms with van der Waals surface area (Å²) in [7, 11) is 1.53. The van der Waals surface area contributed by atoms with Crippen molar-refractivity contribution in [2.24, 2.45) is 0 Å². The fourth-order valence-electron chi connectivity index (χ4n) is 4.39. The molecule has 2 amide bonds. The van der Waals surface area contributed by atoms with Crippen LogP contribution in [0.3, 0.4) is 0 Å². The van der Waals surface area contributed by atoms with Crippen LogP contribution in [-0.4, -0.2) is 33.4 Å². The molecule has 0 bridgehead atoms. The third-order valence-corrected chi connectivity index (χ3v) is 5.95. The van der Waals surface area contributed by atoms with E-state index in [1.165, 1.54) is 16.6 Å². The van der Waals surface area contributed by atoms with Gasteiger partial charge in [0.2, 0.25) is 0 Å². The van der Waals surface area contributed by atoms with Gasteiger partial charge in [0.25, 0.3) is 17.4 Å². The number of hydrogen-bond acceptors (Lipinski definition) is 5. The number of aromatic nitrogens is 2. The lowest BCUT2D eigenvalue weighted by molar-refractivity contribution is 0.0568. The number of nitrogens with zero attached hydrogens (tertiary/aromatic N) is 3. The Morgan fingerprint density at radius 2 is 1.45 bits per heavy atom. The Morgan fingerprint density at radius 1 is 0.848 bits per heavy atom. The number of hydrogen-bond donors (Lipinski definition) is 0. The molecule has 1 aliphatic rings. The number of carbonyl (C=O) groups excluding carboxylic acids is 2. The van der Waals surface area contributed by atoms with E-state index in [9.17, 15) is 14.4 Å². The average Bonchev–Trinajstić information content (AvgIpc) is 3.10. The summed E-state index contributed by atoms with van der Waals surface area (Å²) in [6, 6.07) is 20.2. The van der Waals surface area contributed by atoms with Crippen LogP contribution in [0.15, 0.2) is 77.6 Å². The summed E-state index contributed by atoms with van der Waals surface area (Å²) < 4.78 is 6.98. The van der Waals surface area contributed by atoms with Crippen LogP contribution in [0.5, 0.6) is 5.75 Å². The first-order chi connectivity index (χ1) is 16.1. The summed E-state index contributed by atoms with van der Waals surface area (Å²) >= 11 is 0. The normalized spacial score (nSPS) is 13.9. The van der Waals surface area contributed by atoms with Crippen molar-refractivity contribution < 1.29 is 14.3 Å². The highest BCUT2D eigenvalue weighted by Crippen LogP contribution is 2.34. The number of imide groups is 1. The van der Waals surface area contributed by atoms with E-state index >= 15 is 0 Å². The molecule has 0 N–H and O–H groups in total. The summed E-state index contributed by atoms with van der Waals surface area (Å²) in [4.78, 5) is 46.3. The third-order valence-electron chi connectivity index (χ3n) is 5.95. The first kappa shape index (κ1) is 20.6. The molecule has 0 fully saturated rings. The maximum absolute atomic E-state index is 13.7. The van der Waals surface area contributed by atoms with Crippen LogP contribution in [0.1, 0.15) is 45.9 Å². The van der Waals surface area contributed by atoms with Crippen molar-refractivity contribution in [3.05, 3.63) is 100 Å². The SMILES string of the molecule is CCC(c1nc2ccccc2c(=O)n1-c1ccccc1OC)N1C(=O)c2ccccc2C1=O. The van der Waals surface area contributed by atoms with Crippen LogP contribution in [0, 0.1) is 0 Å². The molecular formula is C26H21N3O4. The van der Waals surface area contributed by atoms with Crippen molar-refractivity contribution in [1.82, 2.24) is 14.5 Å². The summed E-state index contributed by atoms with van der Waals surface area (Å²) in [6.45, 7) is 1.86. The quantitative estimate of drug-likeness (QED) is 0.437. The van der Waals surface area contributed by atoms with Gasteiger partial charge in [0.15, 0.2) is 0 Å². The smallest absolute Gasteiger partial charge is 0.266 e. The van der Waals surface area contributed by atoms with Gasteiger partial charge in [-0.2, -0.15) is 0 Å². The number of para-hydroxylation sites is 3. The van der Waals surface area contributed by atoms with Crippen LogP contribution >= 0.6 is 0 Å². The fourth-order valence-corrected chi connectivity index (χ4v) is 4.39. The van der Waals surface area contributed by atoms with Crippen LogP contribution in [-0.2, 0) is 0 Å². The highest BCUT2D eigenvalue weighted by atomic mass is 16.5. The highest BCUT2D eigenvalue weighted by Gasteiger charge is 2.41. The minimum atomic E-state index is -0.750. The van der Waals surface area contributed by atoms with Crippen LogP contribution in [0.2, 0.25) is 0 Å². The Labute approximate surface area is 189 Å². The topological polar surface area (TPSA) is 81.5 Å². The Bertz CT molecular complexity index is 1440. The first-order valence-electron chi connectivity index (χ1n) is 10.7. The lowest BCUT2D eigenvalue weighted by Gasteiger charge is -2.27. The van der Waals surface area contributed by atoms with Crippen molar-refractivity contribution in [1.29, 1.82) is 0 Å². The Balaban J connectivity index is 1.79. The van der Waals surface area contributed by atoms with Gasteiger partial charge in [-0.05, 0) is 42.8 Å². The monoisotopic (exact) mass is 439 g/mol. The average molecular weight is 439 g/mol. The number of carbonyl (C=O) groups is 2. The minimum absolute atomic E-state index is 0.296. The van der Waals surface area contributed by atoms with Gasteiger partial charge in [-0.1, -0.05) is 43.3 Å². The number of fused-ring (bicyclic) bond motifs is 2. The highest BCUT2D eigenvalue weighted by molar-refractivity contribution is 6.21. The molecule has 4 aromatic rings. The van der Waals surface area contributed by atoms with E-state index in [1.807, 2.05) is 13.0 Å². The molecule has 0 saturated heterocycles. The Morgan fingerprint density at radius 3 is 2.12 bits per heavy atom. The molecule has 1 unspecified atom stereocenters. The van der Waals surface area contributed by atoms with Gasteiger partial charge < -0.3 is 4.74 Å².